The van der Waals surface area contributed by atoms with E-state index in [0.29, 0.717) is 21.5 Å². The number of methoxy groups -OCH3 is 1. The number of ether oxygens (including phenoxy) is 2. The van der Waals surface area contributed by atoms with Crippen molar-refractivity contribution in [3.05, 3.63) is 64.6 Å². The van der Waals surface area contributed by atoms with E-state index >= 15 is 0 Å². The van der Waals surface area contributed by atoms with E-state index in [0.717, 1.165) is 5.56 Å². The smallest absolute Gasteiger partial charge is 0.343 e. The van der Waals surface area contributed by atoms with Crippen molar-refractivity contribution in [1.29, 1.82) is 0 Å². The van der Waals surface area contributed by atoms with E-state index in [-0.39, 0.29) is 18.1 Å². The number of carboxylic acid groups (broad SMARTS) is 1. The third kappa shape index (κ3) is 5.06. The van der Waals surface area contributed by atoms with Crippen LogP contribution in [0.3, 0.4) is 0 Å². The Morgan fingerprint density at radius 1 is 1.13 bits per heavy atom. The number of carboxylic acids is 1. The van der Waals surface area contributed by atoms with Gasteiger partial charge in [-0.1, -0.05) is 12.1 Å². The van der Waals surface area contributed by atoms with E-state index in [9.17, 15) is 14.4 Å². The fourth-order valence-corrected chi connectivity index (χ4v) is 3.44. The van der Waals surface area contributed by atoms with Crippen LogP contribution in [0, 0.1) is 0 Å². The maximum atomic E-state index is 12.5. The molecule has 3 rings (SSSR count). The first-order valence-corrected chi connectivity index (χ1v) is 9.58. The topological polar surface area (TPSA) is 106 Å². The third-order valence-electron chi connectivity index (χ3n) is 4.10. The number of amidine groups is 1. The quantitative estimate of drug-likeness (QED) is 0.559. The molecule has 0 saturated carbocycles. The van der Waals surface area contributed by atoms with E-state index in [4.69, 9.17) is 9.84 Å². The van der Waals surface area contributed by atoms with Gasteiger partial charge in [0, 0.05) is 7.05 Å². The highest BCUT2D eigenvalue weighted by Gasteiger charge is 2.30. The van der Waals surface area contributed by atoms with Gasteiger partial charge in [-0.25, -0.2) is 14.6 Å². The van der Waals surface area contributed by atoms with Gasteiger partial charge in [-0.2, -0.15) is 0 Å². The molecule has 1 aliphatic heterocycles. The summed E-state index contributed by atoms with van der Waals surface area (Å²) in [6, 6.07) is 13.0. The molecule has 1 N–H and O–H groups in total. The summed E-state index contributed by atoms with van der Waals surface area (Å²) < 4.78 is 9.82. The summed E-state index contributed by atoms with van der Waals surface area (Å²) in [6.07, 6.45) is 1.74. The molecule has 0 radical (unpaired) electrons. The maximum Gasteiger partial charge on any atom is 0.343 e. The van der Waals surface area contributed by atoms with Gasteiger partial charge in [-0.15, -0.1) is 0 Å². The molecule has 9 heteroatoms. The molecule has 8 nitrogen and oxygen atoms in total. The van der Waals surface area contributed by atoms with Crippen LogP contribution in [0.5, 0.6) is 5.75 Å². The zero-order chi connectivity index (χ0) is 21.7. The second-order valence-corrected chi connectivity index (χ2v) is 7.16. The SMILES string of the molecule is COC(=O)COc1ccc(/C=C2\SC(=Nc3ccc(C(=O)O)cc3)N(C)C2=O)cc1. The molecular formula is C21H18N2O6S. The van der Waals surface area contributed by atoms with Crippen LogP contribution in [0.15, 0.2) is 58.4 Å². The summed E-state index contributed by atoms with van der Waals surface area (Å²) >= 11 is 1.23. The van der Waals surface area contributed by atoms with Crippen LogP contribution < -0.4 is 4.74 Å². The van der Waals surface area contributed by atoms with Gasteiger partial charge >= 0.3 is 11.9 Å². The van der Waals surface area contributed by atoms with Crippen molar-refractivity contribution in [3.63, 3.8) is 0 Å². The van der Waals surface area contributed by atoms with Crippen LogP contribution in [0.1, 0.15) is 15.9 Å². The molecule has 1 fully saturated rings. The van der Waals surface area contributed by atoms with Crippen LogP contribution in [-0.4, -0.2) is 53.8 Å². The van der Waals surface area contributed by atoms with Crippen molar-refractivity contribution < 1.29 is 29.0 Å². The number of rotatable bonds is 6. The van der Waals surface area contributed by atoms with Crippen molar-refractivity contribution in [2.45, 2.75) is 0 Å². The Balaban J connectivity index is 1.72. The van der Waals surface area contributed by atoms with Gasteiger partial charge < -0.3 is 14.6 Å². The number of hydrogen-bond donors (Lipinski definition) is 1. The molecule has 0 bridgehead atoms. The average Bonchev–Trinajstić information content (AvgIpc) is 3.01. The number of hydrogen-bond acceptors (Lipinski definition) is 7. The molecule has 1 aliphatic rings. The number of carbonyl (C=O) groups excluding carboxylic acids is 2. The lowest BCUT2D eigenvalue weighted by atomic mass is 10.2. The lowest BCUT2D eigenvalue weighted by Gasteiger charge is -2.07. The molecule has 0 atom stereocenters. The third-order valence-corrected chi connectivity index (χ3v) is 5.16. The second-order valence-electron chi connectivity index (χ2n) is 6.16. The molecule has 0 spiro atoms. The van der Waals surface area contributed by atoms with Gasteiger partial charge in [0.2, 0.25) is 0 Å². The minimum atomic E-state index is -1.01. The summed E-state index contributed by atoms with van der Waals surface area (Å²) in [4.78, 5) is 41.0. The summed E-state index contributed by atoms with van der Waals surface area (Å²) in [5, 5.41) is 9.46. The number of amides is 1. The van der Waals surface area contributed by atoms with Gasteiger partial charge in [0.05, 0.1) is 23.3 Å². The monoisotopic (exact) mass is 426 g/mol. The van der Waals surface area contributed by atoms with Gasteiger partial charge in [0.15, 0.2) is 11.8 Å². The molecule has 2 aromatic rings. The predicted octanol–water partition coefficient (Wildman–Crippen LogP) is 3.17. The highest BCUT2D eigenvalue weighted by molar-refractivity contribution is 8.18. The Morgan fingerprint density at radius 3 is 2.40 bits per heavy atom. The Morgan fingerprint density at radius 2 is 1.80 bits per heavy atom. The molecule has 30 heavy (non-hydrogen) atoms. The first-order valence-electron chi connectivity index (χ1n) is 8.76. The number of aliphatic imine (C=N–C) groups is 1. The fraction of sp³-hybridized carbons (Fsp3) is 0.143. The Labute approximate surface area is 176 Å². The van der Waals surface area contributed by atoms with Crippen molar-refractivity contribution >= 4 is 46.5 Å². The molecule has 1 amide bonds. The molecule has 154 valence electrons. The number of aromatic carboxylic acids is 1. The van der Waals surface area contributed by atoms with E-state index in [1.165, 1.54) is 35.9 Å². The van der Waals surface area contributed by atoms with Crippen molar-refractivity contribution in [1.82, 2.24) is 4.90 Å². The lowest BCUT2D eigenvalue weighted by molar-refractivity contribution is -0.142. The van der Waals surface area contributed by atoms with Crippen LogP contribution in [0.25, 0.3) is 6.08 Å². The minimum Gasteiger partial charge on any atom is -0.482 e. The van der Waals surface area contributed by atoms with Crippen molar-refractivity contribution in [2.75, 3.05) is 20.8 Å². The van der Waals surface area contributed by atoms with Crippen LogP contribution in [-0.2, 0) is 14.3 Å². The maximum absolute atomic E-state index is 12.5. The first kappa shape index (κ1) is 21.1. The van der Waals surface area contributed by atoms with E-state index in [1.54, 1.807) is 49.5 Å². The number of nitrogens with zero attached hydrogens (tertiary/aromatic N) is 2. The predicted molar refractivity (Wildman–Crippen MR) is 113 cm³/mol. The van der Waals surface area contributed by atoms with Crippen LogP contribution >= 0.6 is 11.8 Å². The normalized spacial score (nSPS) is 16.2. The van der Waals surface area contributed by atoms with Gasteiger partial charge in [0.25, 0.3) is 5.91 Å². The lowest BCUT2D eigenvalue weighted by Crippen LogP contribution is -2.23. The zero-order valence-electron chi connectivity index (χ0n) is 16.2. The Bertz CT molecular complexity index is 1030. The van der Waals surface area contributed by atoms with Crippen LogP contribution in [0.4, 0.5) is 5.69 Å². The summed E-state index contributed by atoms with van der Waals surface area (Å²) in [6.45, 7) is -0.177. The minimum absolute atomic E-state index is 0.169. The number of likely N-dealkylation sites (N-methyl/N-ethyl adjacent to an activating group) is 1. The van der Waals surface area contributed by atoms with Crippen molar-refractivity contribution in [2.24, 2.45) is 4.99 Å². The Hall–Kier alpha value is -3.59. The van der Waals surface area contributed by atoms with Crippen LogP contribution in [0.2, 0.25) is 0 Å². The summed E-state index contributed by atoms with van der Waals surface area (Å²) in [5.41, 5.74) is 1.51. The zero-order valence-corrected chi connectivity index (χ0v) is 17.0. The largest absolute Gasteiger partial charge is 0.482 e. The number of esters is 1. The van der Waals surface area contributed by atoms with E-state index in [1.807, 2.05) is 0 Å². The number of benzene rings is 2. The summed E-state index contributed by atoms with van der Waals surface area (Å²) in [7, 11) is 2.92. The second kappa shape index (κ2) is 9.27. The summed E-state index contributed by atoms with van der Waals surface area (Å²) in [5.74, 6) is -1.16. The van der Waals surface area contributed by atoms with Gasteiger partial charge in [-0.3, -0.25) is 9.69 Å². The van der Waals surface area contributed by atoms with Gasteiger partial charge in [0.1, 0.15) is 5.75 Å². The molecule has 0 unspecified atom stereocenters. The average molecular weight is 426 g/mol. The van der Waals surface area contributed by atoms with Gasteiger partial charge in [-0.05, 0) is 59.8 Å². The highest BCUT2D eigenvalue weighted by atomic mass is 32.2. The fourth-order valence-electron chi connectivity index (χ4n) is 2.45. The van der Waals surface area contributed by atoms with E-state index < -0.39 is 11.9 Å². The molecule has 0 aromatic heterocycles. The molecule has 1 heterocycles. The first-order chi connectivity index (χ1) is 14.4. The molecule has 1 saturated heterocycles. The number of thioether (sulfide) groups is 1. The van der Waals surface area contributed by atoms with E-state index in [2.05, 4.69) is 9.73 Å². The molecule has 2 aromatic carbocycles. The highest BCUT2D eigenvalue weighted by Crippen LogP contribution is 2.33. The Kier molecular flexibility index (Phi) is 6.53. The molecule has 0 aliphatic carbocycles. The molecular weight excluding hydrogens is 408 g/mol. The van der Waals surface area contributed by atoms with Crippen molar-refractivity contribution in [3.8, 4) is 5.75 Å². The number of carbonyl (C=O) groups is 3. The standard InChI is InChI=1S/C21H18N2O6S/c1-23-19(25)17(11-13-3-9-16(10-4-13)29-12-18(24)28-2)30-21(23)22-15-7-5-14(6-8-15)20(26)27/h3-11H,12H2,1-2H3,(H,26,27)/b17-11-,22-21?.